The Labute approximate surface area is 124 Å². The second-order valence-electron chi connectivity index (χ2n) is 5.69. The van der Waals surface area contributed by atoms with Gasteiger partial charge in [-0.3, -0.25) is 15.0 Å². The third kappa shape index (κ3) is 2.95. The molecule has 0 bridgehead atoms. The number of hydrogen-bond acceptors (Lipinski definition) is 5. The summed E-state index contributed by atoms with van der Waals surface area (Å²) in [5.74, 6) is 0.551. The van der Waals surface area contributed by atoms with Crippen LogP contribution in [0.25, 0.3) is 0 Å². The Hall–Kier alpha value is -1.82. The van der Waals surface area contributed by atoms with Crippen LogP contribution in [0.5, 0.6) is 5.75 Å². The van der Waals surface area contributed by atoms with Gasteiger partial charge in [0, 0.05) is 36.4 Å². The van der Waals surface area contributed by atoms with Gasteiger partial charge in [0.1, 0.15) is 5.75 Å². The molecule has 2 fully saturated rings. The van der Waals surface area contributed by atoms with E-state index in [9.17, 15) is 10.1 Å². The van der Waals surface area contributed by atoms with Crippen molar-refractivity contribution in [3.8, 4) is 5.75 Å². The van der Waals surface area contributed by atoms with Crippen molar-refractivity contribution in [2.24, 2.45) is 0 Å². The Morgan fingerprint density at radius 3 is 3.00 bits per heavy atom. The van der Waals surface area contributed by atoms with E-state index in [1.807, 2.05) is 13.0 Å². The highest BCUT2D eigenvalue weighted by molar-refractivity contribution is 5.57. The number of hydrogen-bond donors (Lipinski definition) is 1. The summed E-state index contributed by atoms with van der Waals surface area (Å²) in [7, 11) is 0. The molecule has 2 atom stereocenters. The van der Waals surface area contributed by atoms with E-state index < -0.39 is 0 Å². The fourth-order valence-electron chi connectivity index (χ4n) is 3.49. The van der Waals surface area contributed by atoms with Crippen LogP contribution in [0.15, 0.2) is 18.2 Å². The standard InChI is InChI=1S/C15H21N3O3/c1-2-21-13-9-11(8-12(10-13)18(19)20)16-14-5-7-17-6-3-4-15(14)17/h8-10,14-16H,2-7H2,1H3. The van der Waals surface area contributed by atoms with E-state index >= 15 is 0 Å². The predicted molar refractivity (Wildman–Crippen MR) is 80.9 cm³/mol. The SMILES string of the molecule is CCOc1cc(NC2CCN3CCCC23)cc([N+](=O)[O-])c1. The predicted octanol–water partition coefficient (Wildman–Crippen LogP) is 2.64. The van der Waals surface area contributed by atoms with E-state index in [0.717, 1.165) is 18.7 Å². The number of nitrogens with one attached hydrogen (secondary N) is 1. The Kier molecular flexibility index (Phi) is 3.96. The quantitative estimate of drug-likeness (QED) is 0.667. The van der Waals surface area contributed by atoms with Crippen molar-refractivity contribution in [2.75, 3.05) is 25.0 Å². The smallest absolute Gasteiger partial charge is 0.275 e. The molecule has 21 heavy (non-hydrogen) atoms. The number of ether oxygens (including phenoxy) is 1. The van der Waals surface area contributed by atoms with Crippen LogP contribution < -0.4 is 10.1 Å². The van der Waals surface area contributed by atoms with Crippen LogP contribution >= 0.6 is 0 Å². The third-order valence-electron chi connectivity index (χ3n) is 4.37. The molecule has 2 unspecified atom stereocenters. The van der Waals surface area contributed by atoms with Crippen molar-refractivity contribution in [3.05, 3.63) is 28.3 Å². The van der Waals surface area contributed by atoms with Crippen LogP contribution in [0.4, 0.5) is 11.4 Å². The molecule has 114 valence electrons. The van der Waals surface area contributed by atoms with E-state index in [-0.39, 0.29) is 10.6 Å². The van der Waals surface area contributed by atoms with Crippen LogP contribution in [0, 0.1) is 10.1 Å². The molecule has 0 spiro atoms. The largest absolute Gasteiger partial charge is 0.494 e. The first kappa shape index (κ1) is 14.1. The molecule has 2 aliphatic heterocycles. The molecule has 0 aromatic heterocycles. The molecule has 2 saturated heterocycles. The summed E-state index contributed by atoms with van der Waals surface area (Å²) in [6.45, 7) is 4.68. The number of nitro benzene ring substituents is 1. The normalized spacial score (nSPS) is 24.8. The molecule has 3 rings (SSSR count). The monoisotopic (exact) mass is 291 g/mol. The summed E-state index contributed by atoms with van der Waals surface area (Å²) in [5, 5.41) is 14.5. The average molecular weight is 291 g/mol. The molecular formula is C15H21N3O3. The lowest BCUT2D eigenvalue weighted by atomic mass is 10.1. The molecular weight excluding hydrogens is 270 g/mol. The van der Waals surface area contributed by atoms with Gasteiger partial charge in [0.25, 0.3) is 5.69 Å². The van der Waals surface area contributed by atoms with Crippen LogP contribution in [-0.4, -0.2) is 41.6 Å². The number of non-ortho nitro benzene ring substituents is 1. The van der Waals surface area contributed by atoms with Gasteiger partial charge in [-0.15, -0.1) is 0 Å². The summed E-state index contributed by atoms with van der Waals surface area (Å²) in [6, 6.07) is 5.88. The van der Waals surface area contributed by atoms with Gasteiger partial charge in [0.05, 0.1) is 17.6 Å². The van der Waals surface area contributed by atoms with Crippen LogP contribution in [0.3, 0.4) is 0 Å². The molecule has 0 radical (unpaired) electrons. The van der Waals surface area contributed by atoms with Crippen LogP contribution in [0.1, 0.15) is 26.2 Å². The molecule has 2 aliphatic rings. The van der Waals surface area contributed by atoms with E-state index in [0.29, 0.717) is 24.4 Å². The minimum atomic E-state index is -0.371. The Balaban J connectivity index is 1.79. The Morgan fingerprint density at radius 2 is 2.24 bits per heavy atom. The zero-order chi connectivity index (χ0) is 14.8. The highest BCUT2D eigenvalue weighted by atomic mass is 16.6. The lowest BCUT2D eigenvalue weighted by molar-refractivity contribution is -0.384. The first-order valence-corrected chi connectivity index (χ1v) is 7.60. The number of fused-ring (bicyclic) bond motifs is 1. The summed E-state index contributed by atoms with van der Waals surface area (Å²) in [4.78, 5) is 13.2. The zero-order valence-electron chi connectivity index (χ0n) is 12.2. The van der Waals surface area contributed by atoms with Gasteiger partial charge in [0.15, 0.2) is 0 Å². The van der Waals surface area contributed by atoms with Crippen molar-refractivity contribution >= 4 is 11.4 Å². The molecule has 1 N–H and O–H groups in total. The van der Waals surface area contributed by atoms with E-state index in [1.165, 1.54) is 25.5 Å². The Bertz CT molecular complexity index is 535. The third-order valence-corrected chi connectivity index (χ3v) is 4.37. The number of rotatable bonds is 5. The van der Waals surface area contributed by atoms with Crippen molar-refractivity contribution in [2.45, 2.75) is 38.3 Å². The molecule has 2 heterocycles. The van der Waals surface area contributed by atoms with Gasteiger partial charge in [-0.25, -0.2) is 0 Å². The van der Waals surface area contributed by atoms with E-state index in [2.05, 4.69) is 10.2 Å². The maximum atomic E-state index is 11.0. The lowest BCUT2D eigenvalue weighted by Gasteiger charge is -2.22. The van der Waals surface area contributed by atoms with E-state index in [1.54, 1.807) is 6.07 Å². The topological polar surface area (TPSA) is 67.6 Å². The molecule has 0 amide bonds. The lowest BCUT2D eigenvalue weighted by Crippen LogP contribution is -2.33. The van der Waals surface area contributed by atoms with Gasteiger partial charge in [-0.2, -0.15) is 0 Å². The first-order chi connectivity index (χ1) is 10.2. The second-order valence-corrected chi connectivity index (χ2v) is 5.69. The fourth-order valence-corrected chi connectivity index (χ4v) is 3.49. The van der Waals surface area contributed by atoms with Crippen molar-refractivity contribution < 1.29 is 9.66 Å². The fraction of sp³-hybridized carbons (Fsp3) is 0.600. The number of anilines is 1. The molecule has 6 nitrogen and oxygen atoms in total. The minimum Gasteiger partial charge on any atom is -0.494 e. The van der Waals surface area contributed by atoms with Crippen molar-refractivity contribution in [1.29, 1.82) is 0 Å². The van der Waals surface area contributed by atoms with Gasteiger partial charge in [0.2, 0.25) is 0 Å². The molecule has 1 aromatic carbocycles. The summed E-state index contributed by atoms with van der Waals surface area (Å²) < 4.78 is 5.43. The molecule has 0 saturated carbocycles. The molecule has 1 aromatic rings. The van der Waals surface area contributed by atoms with Gasteiger partial charge < -0.3 is 10.1 Å². The first-order valence-electron chi connectivity index (χ1n) is 7.60. The van der Waals surface area contributed by atoms with Gasteiger partial charge >= 0.3 is 0 Å². The Morgan fingerprint density at radius 1 is 1.38 bits per heavy atom. The maximum Gasteiger partial charge on any atom is 0.275 e. The zero-order valence-corrected chi connectivity index (χ0v) is 12.2. The number of nitro groups is 1. The number of nitrogens with zero attached hydrogens (tertiary/aromatic N) is 2. The molecule has 0 aliphatic carbocycles. The summed E-state index contributed by atoms with van der Waals surface area (Å²) >= 11 is 0. The minimum absolute atomic E-state index is 0.0738. The average Bonchev–Trinajstić information content (AvgIpc) is 3.04. The van der Waals surface area contributed by atoms with E-state index in [4.69, 9.17) is 4.74 Å². The van der Waals surface area contributed by atoms with Crippen LogP contribution in [-0.2, 0) is 0 Å². The van der Waals surface area contributed by atoms with Gasteiger partial charge in [-0.05, 0) is 32.7 Å². The van der Waals surface area contributed by atoms with Crippen LogP contribution in [0.2, 0.25) is 0 Å². The highest BCUT2D eigenvalue weighted by Crippen LogP contribution is 2.32. The van der Waals surface area contributed by atoms with Gasteiger partial charge in [-0.1, -0.05) is 0 Å². The van der Waals surface area contributed by atoms with Crippen molar-refractivity contribution in [1.82, 2.24) is 4.90 Å². The number of benzene rings is 1. The molecule has 6 heteroatoms. The highest BCUT2D eigenvalue weighted by Gasteiger charge is 2.37. The second kappa shape index (κ2) is 5.89. The summed E-state index contributed by atoms with van der Waals surface area (Å²) in [5.41, 5.74) is 0.858. The summed E-state index contributed by atoms with van der Waals surface area (Å²) in [6.07, 6.45) is 3.56. The van der Waals surface area contributed by atoms with Crippen molar-refractivity contribution in [3.63, 3.8) is 0 Å². The maximum absolute atomic E-state index is 11.0.